The Morgan fingerprint density at radius 3 is 2.57 bits per heavy atom. The third kappa shape index (κ3) is 3.14. The van der Waals surface area contributed by atoms with Crippen LogP contribution in [0.2, 0.25) is 0 Å². The number of hydrogen-bond acceptors (Lipinski definition) is 3. The van der Waals surface area contributed by atoms with E-state index in [1.165, 1.54) is 25.7 Å². The number of pyridine rings is 1. The molecule has 0 bridgehead atoms. The van der Waals surface area contributed by atoms with Gasteiger partial charge < -0.3 is 4.90 Å². The van der Waals surface area contributed by atoms with E-state index in [-0.39, 0.29) is 5.91 Å². The molecule has 0 aromatic carbocycles. The largest absolute Gasteiger partial charge is 0.330 e. The van der Waals surface area contributed by atoms with Gasteiger partial charge in [0.15, 0.2) is 0 Å². The third-order valence-corrected chi connectivity index (χ3v) is 4.88. The molecule has 120 valence electrons. The Kier molecular flexibility index (Phi) is 3.85. The SMILES string of the molecule is O=C(c1ccn(C2CCCC2)n1)N(Cc1ccncc1)C1CC1. The molecule has 0 aliphatic heterocycles. The first-order chi connectivity index (χ1) is 11.3. The van der Waals surface area contributed by atoms with Gasteiger partial charge in [-0.3, -0.25) is 14.5 Å². The van der Waals surface area contributed by atoms with Gasteiger partial charge in [-0.25, -0.2) is 0 Å². The first-order valence-corrected chi connectivity index (χ1v) is 8.56. The normalized spacial score (nSPS) is 18.3. The fraction of sp³-hybridized carbons (Fsp3) is 0.500. The molecule has 0 saturated heterocycles. The molecular weight excluding hydrogens is 288 g/mol. The Labute approximate surface area is 136 Å². The zero-order valence-corrected chi connectivity index (χ0v) is 13.3. The van der Waals surface area contributed by atoms with E-state index in [0.29, 0.717) is 24.3 Å². The van der Waals surface area contributed by atoms with Crippen LogP contribution in [0.1, 0.15) is 60.6 Å². The molecule has 2 saturated carbocycles. The quantitative estimate of drug-likeness (QED) is 0.852. The topological polar surface area (TPSA) is 51.0 Å². The monoisotopic (exact) mass is 310 g/mol. The van der Waals surface area contributed by atoms with Crippen LogP contribution >= 0.6 is 0 Å². The maximum Gasteiger partial charge on any atom is 0.274 e. The third-order valence-electron chi connectivity index (χ3n) is 4.88. The van der Waals surface area contributed by atoms with Crippen LogP contribution in [0.15, 0.2) is 36.8 Å². The summed E-state index contributed by atoms with van der Waals surface area (Å²) in [6.07, 6.45) is 12.6. The molecule has 2 heterocycles. The van der Waals surface area contributed by atoms with E-state index in [1.54, 1.807) is 12.4 Å². The number of hydrogen-bond donors (Lipinski definition) is 0. The van der Waals surface area contributed by atoms with Crippen molar-refractivity contribution in [2.24, 2.45) is 0 Å². The standard InChI is InChI=1S/C18H22N4O/c23-18(17-9-12-22(20-17)16-3-1-2-4-16)21(15-5-6-15)13-14-7-10-19-11-8-14/h7-12,15-16H,1-6,13H2. The highest BCUT2D eigenvalue weighted by molar-refractivity contribution is 5.92. The van der Waals surface area contributed by atoms with Crippen molar-refractivity contribution in [3.05, 3.63) is 48.0 Å². The molecule has 2 fully saturated rings. The summed E-state index contributed by atoms with van der Waals surface area (Å²) in [6, 6.07) is 6.67. The van der Waals surface area contributed by atoms with E-state index in [0.717, 1.165) is 18.4 Å². The highest BCUT2D eigenvalue weighted by Crippen LogP contribution is 2.31. The van der Waals surface area contributed by atoms with Crippen LogP contribution in [0.5, 0.6) is 0 Å². The van der Waals surface area contributed by atoms with E-state index < -0.39 is 0 Å². The van der Waals surface area contributed by atoms with Crippen molar-refractivity contribution in [3.8, 4) is 0 Å². The lowest BCUT2D eigenvalue weighted by molar-refractivity contribution is 0.0722. The Balaban J connectivity index is 1.51. The Morgan fingerprint density at radius 2 is 1.87 bits per heavy atom. The maximum atomic E-state index is 12.9. The Hall–Kier alpha value is -2.17. The lowest BCUT2D eigenvalue weighted by atomic mass is 10.2. The molecule has 0 radical (unpaired) electrons. The minimum absolute atomic E-state index is 0.0565. The van der Waals surface area contributed by atoms with E-state index >= 15 is 0 Å². The van der Waals surface area contributed by atoms with Crippen LogP contribution in [0.3, 0.4) is 0 Å². The van der Waals surface area contributed by atoms with Crippen LogP contribution in [0, 0.1) is 0 Å². The fourth-order valence-corrected chi connectivity index (χ4v) is 3.41. The lowest BCUT2D eigenvalue weighted by Gasteiger charge is -2.21. The number of carbonyl (C=O) groups excluding carboxylic acids is 1. The number of carbonyl (C=O) groups is 1. The average Bonchev–Trinajstić information content (AvgIpc) is 3.08. The van der Waals surface area contributed by atoms with Gasteiger partial charge in [0.2, 0.25) is 0 Å². The van der Waals surface area contributed by atoms with Gasteiger partial charge in [0.05, 0.1) is 6.04 Å². The van der Waals surface area contributed by atoms with Gasteiger partial charge in [0.1, 0.15) is 5.69 Å². The molecule has 0 unspecified atom stereocenters. The molecule has 2 aliphatic rings. The van der Waals surface area contributed by atoms with E-state index in [2.05, 4.69) is 10.1 Å². The van der Waals surface area contributed by atoms with Gasteiger partial charge >= 0.3 is 0 Å². The van der Waals surface area contributed by atoms with Gasteiger partial charge in [-0.1, -0.05) is 12.8 Å². The summed E-state index contributed by atoms with van der Waals surface area (Å²) < 4.78 is 2.00. The number of nitrogens with zero attached hydrogens (tertiary/aromatic N) is 4. The number of rotatable bonds is 5. The first kappa shape index (κ1) is 14.4. The molecule has 5 nitrogen and oxygen atoms in total. The summed E-state index contributed by atoms with van der Waals surface area (Å²) in [6.45, 7) is 0.641. The highest BCUT2D eigenvalue weighted by atomic mass is 16.2. The molecule has 0 N–H and O–H groups in total. The average molecular weight is 310 g/mol. The first-order valence-electron chi connectivity index (χ1n) is 8.56. The van der Waals surface area contributed by atoms with Crippen LogP contribution in [0.4, 0.5) is 0 Å². The molecule has 4 rings (SSSR count). The van der Waals surface area contributed by atoms with E-state index in [9.17, 15) is 4.79 Å². The zero-order valence-electron chi connectivity index (χ0n) is 13.3. The minimum Gasteiger partial charge on any atom is -0.330 e. The second-order valence-corrected chi connectivity index (χ2v) is 6.64. The zero-order chi connectivity index (χ0) is 15.6. The predicted molar refractivity (Wildman–Crippen MR) is 86.9 cm³/mol. The van der Waals surface area contributed by atoms with Crippen LogP contribution in [0.25, 0.3) is 0 Å². The van der Waals surface area contributed by atoms with Crippen LogP contribution in [-0.4, -0.2) is 31.6 Å². The molecule has 5 heteroatoms. The van der Waals surface area contributed by atoms with Crippen molar-refractivity contribution >= 4 is 5.91 Å². The van der Waals surface area contributed by atoms with E-state index in [4.69, 9.17) is 0 Å². The molecule has 0 spiro atoms. The second kappa shape index (κ2) is 6.14. The van der Waals surface area contributed by atoms with Gasteiger partial charge in [-0.05, 0) is 49.4 Å². The van der Waals surface area contributed by atoms with Crippen molar-refractivity contribution in [2.45, 2.75) is 57.2 Å². The molecule has 2 aliphatic carbocycles. The van der Waals surface area contributed by atoms with Gasteiger partial charge in [-0.15, -0.1) is 0 Å². The summed E-state index contributed by atoms with van der Waals surface area (Å²) in [5, 5.41) is 4.58. The summed E-state index contributed by atoms with van der Waals surface area (Å²) in [4.78, 5) is 18.9. The summed E-state index contributed by atoms with van der Waals surface area (Å²) >= 11 is 0. The Bertz CT molecular complexity index is 671. The minimum atomic E-state index is 0.0565. The fourth-order valence-electron chi connectivity index (χ4n) is 3.41. The van der Waals surface area contributed by atoms with Crippen molar-refractivity contribution in [1.29, 1.82) is 0 Å². The van der Waals surface area contributed by atoms with Crippen molar-refractivity contribution in [2.75, 3.05) is 0 Å². The number of aromatic nitrogens is 3. The van der Waals surface area contributed by atoms with Crippen LogP contribution < -0.4 is 0 Å². The Morgan fingerprint density at radius 1 is 1.13 bits per heavy atom. The van der Waals surface area contributed by atoms with Crippen LogP contribution in [-0.2, 0) is 6.54 Å². The molecular formula is C18H22N4O. The van der Waals surface area contributed by atoms with Crippen molar-refractivity contribution in [3.63, 3.8) is 0 Å². The molecule has 1 amide bonds. The smallest absolute Gasteiger partial charge is 0.274 e. The van der Waals surface area contributed by atoms with E-state index in [1.807, 2.05) is 34.0 Å². The molecule has 2 aromatic heterocycles. The second-order valence-electron chi connectivity index (χ2n) is 6.64. The molecule has 0 atom stereocenters. The highest BCUT2D eigenvalue weighted by Gasteiger charge is 2.34. The van der Waals surface area contributed by atoms with Crippen molar-refractivity contribution in [1.82, 2.24) is 19.7 Å². The van der Waals surface area contributed by atoms with Gasteiger partial charge in [0.25, 0.3) is 5.91 Å². The van der Waals surface area contributed by atoms with Gasteiger partial charge in [0, 0.05) is 31.2 Å². The molecule has 23 heavy (non-hydrogen) atoms. The summed E-state index contributed by atoms with van der Waals surface area (Å²) in [7, 11) is 0. The summed E-state index contributed by atoms with van der Waals surface area (Å²) in [5.41, 5.74) is 1.70. The summed E-state index contributed by atoms with van der Waals surface area (Å²) in [5.74, 6) is 0.0565. The molecule has 2 aromatic rings. The predicted octanol–water partition coefficient (Wildman–Crippen LogP) is 3.20. The number of amides is 1. The lowest BCUT2D eigenvalue weighted by Crippen LogP contribution is -2.33. The van der Waals surface area contributed by atoms with Crippen molar-refractivity contribution < 1.29 is 4.79 Å². The van der Waals surface area contributed by atoms with Gasteiger partial charge in [-0.2, -0.15) is 5.10 Å². The maximum absolute atomic E-state index is 12.9.